The Morgan fingerprint density at radius 2 is 2.04 bits per heavy atom. The van der Waals surface area contributed by atoms with E-state index in [1.54, 1.807) is 24.4 Å². The van der Waals surface area contributed by atoms with Crippen LogP contribution in [0.4, 0.5) is 0 Å². The van der Waals surface area contributed by atoms with Gasteiger partial charge in [0.25, 0.3) is 5.91 Å². The zero-order valence-corrected chi connectivity index (χ0v) is 12.8. The molecule has 7 heteroatoms. The summed E-state index contributed by atoms with van der Waals surface area (Å²) in [6.07, 6.45) is 3.56. The van der Waals surface area contributed by atoms with Gasteiger partial charge >= 0.3 is 0 Å². The fourth-order valence-corrected chi connectivity index (χ4v) is 2.20. The first-order valence-electron chi connectivity index (χ1n) is 6.99. The van der Waals surface area contributed by atoms with Gasteiger partial charge < -0.3 is 9.73 Å². The zero-order chi connectivity index (χ0) is 16.1. The fourth-order valence-electron chi connectivity index (χ4n) is 1.98. The van der Waals surface area contributed by atoms with Crippen molar-refractivity contribution in [2.24, 2.45) is 0 Å². The van der Waals surface area contributed by atoms with Crippen molar-refractivity contribution in [1.82, 2.24) is 20.5 Å². The number of halogens is 1. The van der Waals surface area contributed by atoms with E-state index in [4.69, 9.17) is 16.0 Å². The van der Waals surface area contributed by atoms with Crippen molar-refractivity contribution in [3.63, 3.8) is 0 Å². The number of pyridine rings is 1. The first-order valence-corrected chi connectivity index (χ1v) is 7.37. The summed E-state index contributed by atoms with van der Waals surface area (Å²) in [6.45, 7) is 0.387. The van der Waals surface area contributed by atoms with E-state index in [0.29, 0.717) is 40.9 Å². The quantitative estimate of drug-likeness (QED) is 0.779. The number of hydrogen-bond donors (Lipinski definition) is 1. The molecule has 1 N–H and O–H groups in total. The van der Waals surface area contributed by atoms with Crippen molar-refractivity contribution >= 4 is 17.5 Å². The van der Waals surface area contributed by atoms with E-state index >= 15 is 0 Å². The molecule has 0 aliphatic heterocycles. The van der Waals surface area contributed by atoms with Gasteiger partial charge in [-0.05, 0) is 24.3 Å². The molecule has 2 aromatic heterocycles. The van der Waals surface area contributed by atoms with Crippen LogP contribution in [0.2, 0.25) is 5.02 Å². The molecule has 0 spiro atoms. The number of amides is 1. The number of nitrogens with one attached hydrogen (secondary N) is 1. The van der Waals surface area contributed by atoms with Gasteiger partial charge in [0.2, 0.25) is 11.8 Å². The Morgan fingerprint density at radius 3 is 2.83 bits per heavy atom. The largest absolute Gasteiger partial charge is 0.421 e. The maximum absolute atomic E-state index is 11.9. The van der Waals surface area contributed by atoms with E-state index in [1.165, 1.54) is 6.20 Å². The van der Waals surface area contributed by atoms with Crippen LogP contribution in [0.3, 0.4) is 0 Å². The maximum atomic E-state index is 11.9. The van der Waals surface area contributed by atoms with Crippen LogP contribution in [0.1, 0.15) is 16.2 Å². The molecular formula is C16H13ClN4O2. The Bertz CT molecular complexity index is 805. The third kappa shape index (κ3) is 3.73. The van der Waals surface area contributed by atoms with E-state index in [0.717, 1.165) is 0 Å². The number of nitrogens with zero attached hydrogens (tertiary/aromatic N) is 3. The second-order valence-electron chi connectivity index (χ2n) is 4.73. The summed E-state index contributed by atoms with van der Waals surface area (Å²) in [5, 5.41) is 11.3. The van der Waals surface area contributed by atoms with Crippen LogP contribution in [0, 0.1) is 0 Å². The standard InChI is InChI=1S/C16H13ClN4O2/c17-13-6-2-1-5-12(13)16-21-20-14(23-16)7-9-19-15(22)11-4-3-8-18-10-11/h1-6,8,10H,7,9H2,(H,19,22). The summed E-state index contributed by atoms with van der Waals surface area (Å²) in [5.74, 6) is 0.611. The minimum Gasteiger partial charge on any atom is -0.421 e. The molecule has 0 aliphatic carbocycles. The summed E-state index contributed by atoms with van der Waals surface area (Å²) in [7, 11) is 0. The second-order valence-corrected chi connectivity index (χ2v) is 5.14. The average Bonchev–Trinajstić information content (AvgIpc) is 3.04. The van der Waals surface area contributed by atoms with Gasteiger partial charge in [-0.2, -0.15) is 0 Å². The summed E-state index contributed by atoms with van der Waals surface area (Å²) in [5.41, 5.74) is 1.20. The molecule has 3 aromatic rings. The van der Waals surface area contributed by atoms with Crippen molar-refractivity contribution in [3.05, 3.63) is 65.3 Å². The van der Waals surface area contributed by atoms with Crippen LogP contribution in [-0.4, -0.2) is 27.6 Å². The van der Waals surface area contributed by atoms with Crippen molar-refractivity contribution in [2.45, 2.75) is 6.42 Å². The second kappa shape index (κ2) is 7.02. The van der Waals surface area contributed by atoms with Gasteiger partial charge in [-0.15, -0.1) is 10.2 Å². The van der Waals surface area contributed by atoms with Gasteiger partial charge in [0.1, 0.15) is 0 Å². The summed E-state index contributed by atoms with van der Waals surface area (Å²) >= 11 is 6.09. The smallest absolute Gasteiger partial charge is 0.252 e. The maximum Gasteiger partial charge on any atom is 0.252 e. The number of rotatable bonds is 5. The predicted octanol–water partition coefficient (Wildman–Crippen LogP) is 2.76. The molecule has 2 heterocycles. The highest BCUT2D eigenvalue weighted by molar-refractivity contribution is 6.33. The van der Waals surface area contributed by atoms with E-state index in [-0.39, 0.29) is 5.91 Å². The minimum atomic E-state index is -0.191. The Hall–Kier alpha value is -2.73. The van der Waals surface area contributed by atoms with Gasteiger partial charge in [0.15, 0.2) is 0 Å². The molecule has 6 nitrogen and oxygen atoms in total. The Kier molecular flexibility index (Phi) is 4.63. The van der Waals surface area contributed by atoms with Crippen molar-refractivity contribution in [3.8, 4) is 11.5 Å². The lowest BCUT2D eigenvalue weighted by molar-refractivity contribution is 0.0953. The van der Waals surface area contributed by atoms with E-state index in [9.17, 15) is 4.79 Å². The Morgan fingerprint density at radius 1 is 1.17 bits per heavy atom. The summed E-state index contributed by atoms with van der Waals surface area (Å²) < 4.78 is 5.57. The van der Waals surface area contributed by atoms with Crippen LogP contribution >= 0.6 is 11.6 Å². The molecule has 1 amide bonds. The molecule has 3 rings (SSSR count). The third-order valence-electron chi connectivity index (χ3n) is 3.12. The SMILES string of the molecule is O=C(NCCc1nnc(-c2ccccc2Cl)o1)c1cccnc1. The molecule has 0 fully saturated rings. The molecule has 1 aromatic carbocycles. The molecule has 0 atom stereocenters. The Balaban J connectivity index is 1.58. The van der Waals surface area contributed by atoms with Crippen LogP contribution in [0.15, 0.2) is 53.2 Å². The average molecular weight is 329 g/mol. The molecule has 23 heavy (non-hydrogen) atoms. The van der Waals surface area contributed by atoms with E-state index < -0.39 is 0 Å². The molecular weight excluding hydrogens is 316 g/mol. The highest BCUT2D eigenvalue weighted by atomic mass is 35.5. The number of aromatic nitrogens is 3. The molecule has 0 radical (unpaired) electrons. The van der Waals surface area contributed by atoms with Crippen molar-refractivity contribution in [1.29, 1.82) is 0 Å². The molecule has 0 saturated heterocycles. The van der Waals surface area contributed by atoms with Crippen molar-refractivity contribution < 1.29 is 9.21 Å². The Labute approximate surface area is 137 Å². The van der Waals surface area contributed by atoms with Gasteiger partial charge in [0.05, 0.1) is 16.1 Å². The van der Waals surface area contributed by atoms with E-state index in [1.807, 2.05) is 18.2 Å². The third-order valence-corrected chi connectivity index (χ3v) is 3.45. The monoisotopic (exact) mass is 328 g/mol. The summed E-state index contributed by atoms with van der Waals surface area (Å²) in [4.78, 5) is 15.8. The molecule has 0 saturated carbocycles. The first kappa shape index (κ1) is 15.2. The van der Waals surface area contributed by atoms with Crippen LogP contribution < -0.4 is 5.32 Å². The molecule has 0 bridgehead atoms. The van der Waals surface area contributed by atoms with Gasteiger partial charge in [-0.25, -0.2) is 0 Å². The number of hydrogen-bond acceptors (Lipinski definition) is 5. The van der Waals surface area contributed by atoms with Crippen molar-refractivity contribution in [2.75, 3.05) is 6.54 Å². The highest BCUT2D eigenvalue weighted by Gasteiger charge is 2.12. The predicted molar refractivity (Wildman–Crippen MR) is 85.0 cm³/mol. The lowest BCUT2D eigenvalue weighted by atomic mass is 10.2. The van der Waals surface area contributed by atoms with Crippen LogP contribution in [-0.2, 0) is 6.42 Å². The van der Waals surface area contributed by atoms with Crippen LogP contribution in [0.5, 0.6) is 0 Å². The molecule has 0 aliphatic rings. The van der Waals surface area contributed by atoms with Gasteiger partial charge in [0, 0.05) is 25.4 Å². The van der Waals surface area contributed by atoms with Gasteiger partial charge in [-0.1, -0.05) is 23.7 Å². The lowest BCUT2D eigenvalue weighted by Gasteiger charge is -2.02. The lowest BCUT2D eigenvalue weighted by Crippen LogP contribution is -2.25. The number of carbonyl (C=O) groups excluding carboxylic acids is 1. The fraction of sp³-hybridized carbons (Fsp3) is 0.125. The summed E-state index contributed by atoms with van der Waals surface area (Å²) in [6, 6.07) is 10.7. The molecule has 116 valence electrons. The minimum absolute atomic E-state index is 0.191. The first-order chi connectivity index (χ1) is 11.2. The zero-order valence-electron chi connectivity index (χ0n) is 12.1. The van der Waals surface area contributed by atoms with Gasteiger partial charge in [-0.3, -0.25) is 9.78 Å². The highest BCUT2D eigenvalue weighted by Crippen LogP contribution is 2.26. The normalized spacial score (nSPS) is 10.5. The molecule has 0 unspecified atom stereocenters. The number of benzene rings is 1. The van der Waals surface area contributed by atoms with Crippen LogP contribution in [0.25, 0.3) is 11.5 Å². The van der Waals surface area contributed by atoms with E-state index in [2.05, 4.69) is 20.5 Å². The number of carbonyl (C=O) groups is 1. The topological polar surface area (TPSA) is 80.9 Å².